The number of carbonyl (C=O) groups is 2. The van der Waals surface area contributed by atoms with Crippen LogP contribution in [0.15, 0.2) is 85.1 Å². The number of para-hydroxylation sites is 1. The predicted molar refractivity (Wildman–Crippen MR) is 146 cm³/mol. The summed E-state index contributed by atoms with van der Waals surface area (Å²) in [6, 6.07) is 25.8. The first-order valence-electron chi connectivity index (χ1n) is 12.8. The lowest BCUT2D eigenvalue weighted by Crippen LogP contribution is -2.43. The minimum Gasteiger partial charge on any atom is -0.361 e. The first-order chi connectivity index (χ1) is 17.5. The minimum absolute atomic E-state index is 0.0317. The monoisotopic (exact) mass is 481 g/mol. The summed E-state index contributed by atoms with van der Waals surface area (Å²) in [5.41, 5.74) is 5.18. The standard InChI is InChI=1S/C31H35N3O2/c1-3-4-19-34(31(36)26-10-6-5-7-11-26)23-30(35)33(22-25-16-14-24(2)15-17-25)20-18-27-21-32-29-13-9-8-12-28(27)29/h5-17,21,32H,3-4,18-20,22-23H2,1-2H3. The van der Waals surface area contributed by atoms with Gasteiger partial charge in [-0.1, -0.05) is 79.6 Å². The SMILES string of the molecule is CCCCN(CC(=O)N(CCc1c[nH]c2ccccc12)Cc1ccc(C)cc1)C(=O)c1ccccc1. The molecule has 4 aromatic rings. The maximum Gasteiger partial charge on any atom is 0.254 e. The summed E-state index contributed by atoms with van der Waals surface area (Å²) in [6.07, 6.45) is 4.59. The fraction of sp³-hybridized carbons (Fsp3) is 0.290. The Morgan fingerprint density at radius 2 is 1.56 bits per heavy atom. The van der Waals surface area contributed by atoms with Gasteiger partial charge in [-0.25, -0.2) is 0 Å². The van der Waals surface area contributed by atoms with E-state index in [0.29, 0.717) is 25.2 Å². The van der Waals surface area contributed by atoms with Gasteiger partial charge in [0, 0.05) is 42.3 Å². The maximum absolute atomic E-state index is 13.7. The molecule has 36 heavy (non-hydrogen) atoms. The molecule has 0 aliphatic heterocycles. The number of nitrogens with one attached hydrogen (secondary N) is 1. The molecule has 0 fully saturated rings. The summed E-state index contributed by atoms with van der Waals surface area (Å²) in [4.78, 5) is 33.8. The fourth-order valence-electron chi connectivity index (χ4n) is 4.43. The highest BCUT2D eigenvalue weighted by Gasteiger charge is 2.22. The van der Waals surface area contributed by atoms with Crippen LogP contribution in [-0.2, 0) is 17.8 Å². The molecule has 5 heteroatoms. The molecule has 0 saturated carbocycles. The van der Waals surface area contributed by atoms with Gasteiger partial charge >= 0.3 is 0 Å². The van der Waals surface area contributed by atoms with Gasteiger partial charge in [0.05, 0.1) is 0 Å². The van der Waals surface area contributed by atoms with Crippen LogP contribution in [0.3, 0.4) is 0 Å². The predicted octanol–water partition coefficient (Wildman–Crippen LogP) is 5.99. The van der Waals surface area contributed by atoms with Crippen LogP contribution in [0.25, 0.3) is 10.9 Å². The second-order valence-electron chi connectivity index (χ2n) is 9.36. The van der Waals surface area contributed by atoms with E-state index in [1.165, 1.54) is 16.5 Å². The molecule has 4 rings (SSSR count). The van der Waals surface area contributed by atoms with Gasteiger partial charge in [-0.15, -0.1) is 0 Å². The van der Waals surface area contributed by atoms with Crippen LogP contribution in [-0.4, -0.2) is 46.2 Å². The molecular formula is C31H35N3O2. The van der Waals surface area contributed by atoms with E-state index in [1.54, 1.807) is 4.90 Å². The van der Waals surface area contributed by atoms with E-state index in [9.17, 15) is 9.59 Å². The van der Waals surface area contributed by atoms with Crippen molar-refractivity contribution < 1.29 is 9.59 Å². The Morgan fingerprint density at radius 3 is 2.31 bits per heavy atom. The number of aryl methyl sites for hydroxylation is 1. The molecule has 5 nitrogen and oxygen atoms in total. The third kappa shape index (κ3) is 6.42. The molecule has 1 heterocycles. The number of carbonyl (C=O) groups excluding carboxylic acids is 2. The second-order valence-corrected chi connectivity index (χ2v) is 9.36. The number of amides is 2. The summed E-state index contributed by atoms with van der Waals surface area (Å²) < 4.78 is 0. The van der Waals surface area contributed by atoms with Crippen molar-refractivity contribution in [1.29, 1.82) is 0 Å². The number of benzene rings is 3. The molecular weight excluding hydrogens is 446 g/mol. The van der Waals surface area contributed by atoms with Crippen LogP contribution < -0.4 is 0 Å². The Kier molecular flexibility index (Phi) is 8.56. The molecule has 1 aromatic heterocycles. The van der Waals surface area contributed by atoms with E-state index >= 15 is 0 Å². The molecule has 0 bridgehead atoms. The van der Waals surface area contributed by atoms with Gasteiger partial charge in [-0.05, 0) is 49.1 Å². The lowest BCUT2D eigenvalue weighted by Gasteiger charge is -2.28. The third-order valence-electron chi connectivity index (χ3n) is 6.59. The molecule has 1 N–H and O–H groups in total. The Balaban J connectivity index is 1.53. The highest BCUT2D eigenvalue weighted by Crippen LogP contribution is 2.19. The summed E-state index contributed by atoms with van der Waals surface area (Å²) in [6.45, 7) is 5.89. The van der Waals surface area contributed by atoms with Crippen LogP contribution >= 0.6 is 0 Å². The highest BCUT2D eigenvalue weighted by atomic mass is 16.2. The van der Waals surface area contributed by atoms with Crippen molar-refractivity contribution in [3.8, 4) is 0 Å². The Labute approximate surface area is 213 Å². The zero-order valence-corrected chi connectivity index (χ0v) is 21.2. The summed E-state index contributed by atoms with van der Waals surface area (Å²) >= 11 is 0. The summed E-state index contributed by atoms with van der Waals surface area (Å²) in [7, 11) is 0. The largest absolute Gasteiger partial charge is 0.361 e. The smallest absolute Gasteiger partial charge is 0.254 e. The highest BCUT2D eigenvalue weighted by molar-refractivity contribution is 5.96. The van der Waals surface area contributed by atoms with Crippen molar-refractivity contribution in [1.82, 2.24) is 14.8 Å². The summed E-state index contributed by atoms with van der Waals surface area (Å²) in [5, 5.41) is 1.18. The van der Waals surface area contributed by atoms with Crippen molar-refractivity contribution in [3.05, 3.63) is 107 Å². The molecule has 0 aliphatic rings. The maximum atomic E-state index is 13.7. The fourth-order valence-corrected chi connectivity index (χ4v) is 4.43. The number of fused-ring (bicyclic) bond motifs is 1. The van der Waals surface area contributed by atoms with Crippen molar-refractivity contribution in [3.63, 3.8) is 0 Å². The molecule has 0 unspecified atom stereocenters. The quantitative estimate of drug-likeness (QED) is 0.286. The van der Waals surface area contributed by atoms with Crippen molar-refractivity contribution in [2.75, 3.05) is 19.6 Å². The van der Waals surface area contributed by atoms with E-state index in [4.69, 9.17) is 0 Å². The van der Waals surface area contributed by atoms with E-state index in [0.717, 1.165) is 30.3 Å². The normalized spacial score (nSPS) is 10.9. The van der Waals surface area contributed by atoms with Crippen LogP contribution in [0.2, 0.25) is 0 Å². The summed E-state index contributed by atoms with van der Waals surface area (Å²) in [5.74, 6) is -0.125. The molecule has 186 valence electrons. The first-order valence-corrected chi connectivity index (χ1v) is 12.8. The van der Waals surface area contributed by atoms with E-state index in [1.807, 2.05) is 53.6 Å². The van der Waals surface area contributed by atoms with E-state index in [-0.39, 0.29) is 18.4 Å². The van der Waals surface area contributed by atoms with E-state index < -0.39 is 0 Å². The Bertz CT molecular complexity index is 1280. The molecule has 0 aliphatic carbocycles. The molecule has 0 spiro atoms. The molecule has 0 radical (unpaired) electrons. The lowest BCUT2D eigenvalue weighted by molar-refractivity contribution is -0.132. The number of hydrogen-bond acceptors (Lipinski definition) is 2. The van der Waals surface area contributed by atoms with Gasteiger partial charge in [0.1, 0.15) is 6.54 Å². The average molecular weight is 482 g/mol. The number of aromatic amines is 1. The topological polar surface area (TPSA) is 56.4 Å². The number of rotatable bonds is 11. The Hall–Kier alpha value is -3.86. The average Bonchev–Trinajstić information content (AvgIpc) is 3.33. The third-order valence-corrected chi connectivity index (χ3v) is 6.59. The zero-order valence-electron chi connectivity index (χ0n) is 21.2. The first kappa shape index (κ1) is 25.2. The van der Waals surface area contributed by atoms with Crippen LogP contribution in [0.1, 0.15) is 46.8 Å². The molecule has 2 amide bonds. The van der Waals surface area contributed by atoms with Gasteiger partial charge in [0.2, 0.25) is 5.91 Å². The minimum atomic E-state index is -0.0932. The second kappa shape index (κ2) is 12.2. The number of nitrogens with zero attached hydrogens (tertiary/aromatic N) is 2. The van der Waals surface area contributed by atoms with Gasteiger partial charge in [-0.2, -0.15) is 0 Å². The molecule has 0 atom stereocenters. The van der Waals surface area contributed by atoms with Crippen molar-refractivity contribution in [2.45, 2.75) is 39.7 Å². The van der Waals surface area contributed by atoms with Gasteiger partial charge in [0.15, 0.2) is 0 Å². The van der Waals surface area contributed by atoms with Crippen LogP contribution in [0, 0.1) is 6.92 Å². The van der Waals surface area contributed by atoms with Crippen molar-refractivity contribution in [2.24, 2.45) is 0 Å². The van der Waals surface area contributed by atoms with Crippen molar-refractivity contribution >= 4 is 22.7 Å². The van der Waals surface area contributed by atoms with Crippen LogP contribution in [0.4, 0.5) is 0 Å². The van der Waals surface area contributed by atoms with Crippen LogP contribution in [0.5, 0.6) is 0 Å². The number of aromatic nitrogens is 1. The number of H-pyrrole nitrogens is 1. The van der Waals surface area contributed by atoms with Gasteiger partial charge in [0.25, 0.3) is 5.91 Å². The van der Waals surface area contributed by atoms with E-state index in [2.05, 4.69) is 55.2 Å². The number of unbranched alkanes of at least 4 members (excludes halogenated alkanes) is 1. The lowest BCUT2D eigenvalue weighted by atomic mass is 10.1. The zero-order chi connectivity index (χ0) is 25.3. The number of hydrogen-bond donors (Lipinski definition) is 1. The molecule has 3 aromatic carbocycles. The van der Waals surface area contributed by atoms with Gasteiger partial charge in [-0.3, -0.25) is 9.59 Å². The molecule has 0 saturated heterocycles. The van der Waals surface area contributed by atoms with Gasteiger partial charge < -0.3 is 14.8 Å². The Morgan fingerprint density at radius 1 is 0.833 bits per heavy atom.